The first kappa shape index (κ1) is 23.3. The van der Waals surface area contributed by atoms with Gasteiger partial charge < -0.3 is 9.13 Å². The van der Waals surface area contributed by atoms with Crippen LogP contribution in [0.3, 0.4) is 0 Å². The van der Waals surface area contributed by atoms with Gasteiger partial charge in [0.05, 0.1) is 27.8 Å². The number of fused-ring (bicyclic) bond motifs is 4. The number of imidazole rings is 1. The van der Waals surface area contributed by atoms with E-state index in [1.807, 2.05) is 24.4 Å². The van der Waals surface area contributed by atoms with Gasteiger partial charge in [0.1, 0.15) is 5.82 Å². The molecular weight excluding hydrogens is 502 g/mol. The predicted octanol–water partition coefficient (Wildman–Crippen LogP) is 8.46. The molecule has 0 bridgehead atoms. The second kappa shape index (κ2) is 9.28. The normalized spacial score (nSPS) is 11.5. The molecule has 41 heavy (non-hydrogen) atoms. The summed E-state index contributed by atoms with van der Waals surface area (Å²) in [7, 11) is 2.08. The fourth-order valence-corrected chi connectivity index (χ4v) is 5.88. The Morgan fingerprint density at radius 3 is 2.17 bits per heavy atom. The largest absolute Gasteiger partial charge is 0.327 e. The third kappa shape index (κ3) is 3.82. The molecule has 0 saturated carbocycles. The van der Waals surface area contributed by atoms with E-state index in [2.05, 4.69) is 118 Å². The first-order valence-corrected chi connectivity index (χ1v) is 13.7. The van der Waals surface area contributed by atoms with Crippen molar-refractivity contribution in [1.82, 2.24) is 24.1 Å². The van der Waals surface area contributed by atoms with Crippen molar-refractivity contribution in [3.05, 3.63) is 134 Å². The Balaban J connectivity index is 1.28. The van der Waals surface area contributed by atoms with Gasteiger partial charge in [-0.05, 0) is 60.2 Å². The van der Waals surface area contributed by atoms with Crippen LogP contribution >= 0.6 is 0 Å². The van der Waals surface area contributed by atoms with Crippen molar-refractivity contribution in [3.63, 3.8) is 0 Å². The molecule has 4 aromatic carbocycles. The maximum atomic E-state index is 4.97. The average molecular weight is 528 g/mol. The molecule has 0 saturated heterocycles. The van der Waals surface area contributed by atoms with Gasteiger partial charge in [0.15, 0.2) is 0 Å². The highest BCUT2D eigenvalue weighted by Crippen LogP contribution is 2.36. The molecule has 4 heterocycles. The first-order valence-electron chi connectivity index (χ1n) is 13.7. The van der Waals surface area contributed by atoms with Crippen molar-refractivity contribution in [2.24, 2.45) is 7.05 Å². The summed E-state index contributed by atoms with van der Waals surface area (Å²) in [5, 5.41) is 2.44. The molecule has 0 N–H and O–H groups in total. The van der Waals surface area contributed by atoms with Crippen LogP contribution in [0.15, 0.2) is 134 Å². The monoisotopic (exact) mass is 527 g/mol. The van der Waals surface area contributed by atoms with E-state index in [-0.39, 0.29) is 0 Å². The first-order chi connectivity index (χ1) is 20.2. The highest BCUT2D eigenvalue weighted by Gasteiger charge is 2.16. The molecule has 0 aliphatic carbocycles. The number of nitrogens with zero attached hydrogens (tertiary/aromatic N) is 5. The molecule has 0 aliphatic heterocycles. The lowest BCUT2D eigenvalue weighted by Crippen LogP contribution is -1.96. The second-order valence-corrected chi connectivity index (χ2v) is 10.3. The van der Waals surface area contributed by atoms with Crippen LogP contribution in [-0.2, 0) is 7.05 Å². The van der Waals surface area contributed by atoms with Gasteiger partial charge >= 0.3 is 0 Å². The van der Waals surface area contributed by atoms with Crippen molar-refractivity contribution < 1.29 is 0 Å². The zero-order valence-corrected chi connectivity index (χ0v) is 22.4. The van der Waals surface area contributed by atoms with Gasteiger partial charge in [-0.15, -0.1) is 0 Å². The minimum atomic E-state index is 0.936. The van der Waals surface area contributed by atoms with Gasteiger partial charge in [-0.3, -0.25) is 9.97 Å². The highest BCUT2D eigenvalue weighted by atomic mass is 15.1. The average Bonchev–Trinajstić information content (AvgIpc) is 3.56. The third-order valence-corrected chi connectivity index (χ3v) is 7.90. The summed E-state index contributed by atoms with van der Waals surface area (Å²) in [5.41, 5.74) is 10.8. The van der Waals surface area contributed by atoms with E-state index in [0.717, 1.165) is 56.0 Å². The maximum Gasteiger partial charge on any atom is 0.140 e. The van der Waals surface area contributed by atoms with E-state index in [9.17, 15) is 0 Å². The number of aromatic nitrogens is 5. The second-order valence-electron chi connectivity index (χ2n) is 10.3. The number of benzene rings is 4. The van der Waals surface area contributed by atoms with Crippen molar-refractivity contribution >= 4 is 32.8 Å². The fraction of sp³-hybridized carbons (Fsp3) is 0.0278. The highest BCUT2D eigenvalue weighted by molar-refractivity contribution is 6.10. The molecule has 8 aromatic rings. The summed E-state index contributed by atoms with van der Waals surface area (Å²) in [4.78, 5) is 13.9. The molecule has 0 unspecified atom stereocenters. The number of aryl methyl sites for hydroxylation is 1. The molecule has 5 nitrogen and oxygen atoms in total. The van der Waals surface area contributed by atoms with Crippen LogP contribution in [0, 0.1) is 0 Å². The molecule has 4 aromatic heterocycles. The van der Waals surface area contributed by atoms with E-state index in [1.165, 1.54) is 16.3 Å². The van der Waals surface area contributed by atoms with Crippen LogP contribution in [0.25, 0.3) is 72.3 Å². The molecule has 8 rings (SSSR count). The molecule has 0 amide bonds. The van der Waals surface area contributed by atoms with Gasteiger partial charge in [-0.2, -0.15) is 0 Å². The topological polar surface area (TPSA) is 48.5 Å². The summed E-state index contributed by atoms with van der Waals surface area (Å²) >= 11 is 0. The Morgan fingerprint density at radius 2 is 1.34 bits per heavy atom. The van der Waals surface area contributed by atoms with E-state index in [4.69, 9.17) is 9.97 Å². The van der Waals surface area contributed by atoms with E-state index in [1.54, 1.807) is 12.4 Å². The molecule has 5 heteroatoms. The van der Waals surface area contributed by atoms with Gasteiger partial charge in [0.2, 0.25) is 0 Å². The quantitative estimate of drug-likeness (QED) is 0.231. The van der Waals surface area contributed by atoms with Crippen molar-refractivity contribution in [2.45, 2.75) is 0 Å². The zero-order valence-electron chi connectivity index (χ0n) is 22.4. The van der Waals surface area contributed by atoms with Crippen molar-refractivity contribution in [3.8, 4) is 39.5 Å². The minimum absolute atomic E-state index is 0.936. The summed E-state index contributed by atoms with van der Waals surface area (Å²) in [6.07, 6.45) is 5.54. The number of rotatable bonds is 4. The summed E-state index contributed by atoms with van der Waals surface area (Å²) in [6, 6.07) is 40.4. The standard InChI is InChI=1S/C36H25N5/c1-40-34-12-5-3-10-32(34)39-36(40)26-13-15-30-29-9-2-4-11-33(29)41(35(30)22-26)28-8-6-7-25(21-28)31-16-14-27(23-38-31)24-17-19-37-20-18-24/h2-23H,1H3. The fourth-order valence-electron chi connectivity index (χ4n) is 5.88. The van der Waals surface area contributed by atoms with Gasteiger partial charge in [0.25, 0.3) is 0 Å². The Morgan fingerprint density at radius 1 is 0.561 bits per heavy atom. The van der Waals surface area contributed by atoms with Gasteiger partial charge in [-0.25, -0.2) is 4.98 Å². The lowest BCUT2D eigenvalue weighted by molar-refractivity contribution is 0.959. The SMILES string of the molecule is Cn1c(-c2ccc3c4ccccc4n(-c4cccc(-c5ccc(-c6ccncc6)cn5)c4)c3c2)nc2ccccc21. The van der Waals surface area contributed by atoms with Crippen LogP contribution in [-0.4, -0.2) is 24.1 Å². The summed E-state index contributed by atoms with van der Waals surface area (Å²) in [6.45, 7) is 0. The number of pyridine rings is 2. The smallest absolute Gasteiger partial charge is 0.140 e. The van der Waals surface area contributed by atoms with E-state index in [0.29, 0.717) is 0 Å². The lowest BCUT2D eigenvalue weighted by atomic mass is 10.1. The van der Waals surface area contributed by atoms with Crippen LogP contribution < -0.4 is 0 Å². The predicted molar refractivity (Wildman–Crippen MR) is 167 cm³/mol. The molecule has 194 valence electrons. The number of hydrogen-bond donors (Lipinski definition) is 0. The molecule has 0 radical (unpaired) electrons. The summed E-state index contributed by atoms with van der Waals surface area (Å²) < 4.78 is 4.52. The van der Waals surface area contributed by atoms with Crippen LogP contribution in [0.1, 0.15) is 0 Å². The van der Waals surface area contributed by atoms with Crippen LogP contribution in [0.5, 0.6) is 0 Å². The molecular formula is C36H25N5. The minimum Gasteiger partial charge on any atom is -0.327 e. The van der Waals surface area contributed by atoms with Gasteiger partial charge in [-0.1, -0.05) is 60.7 Å². The number of para-hydroxylation sites is 3. The van der Waals surface area contributed by atoms with Crippen molar-refractivity contribution in [2.75, 3.05) is 0 Å². The van der Waals surface area contributed by atoms with Crippen LogP contribution in [0.4, 0.5) is 0 Å². The molecule has 0 atom stereocenters. The van der Waals surface area contributed by atoms with E-state index >= 15 is 0 Å². The third-order valence-electron chi connectivity index (χ3n) is 7.90. The summed E-state index contributed by atoms with van der Waals surface area (Å²) in [5.74, 6) is 0.956. The van der Waals surface area contributed by atoms with E-state index < -0.39 is 0 Å². The Hall–Kier alpha value is -5.55. The lowest BCUT2D eigenvalue weighted by Gasteiger charge is -2.11. The van der Waals surface area contributed by atoms with Gasteiger partial charge in [0, 0.05) is 58.8 Å². The Kier molecular flexibility index (Phi) is 5.28. The Labute approximate surface area is 237 Å². The van der Waals surface area contributed by atoms with Crippen LogP contribution in [0.2, 0.25) is 0 Å². The number of hydrogen-bond acceptors (Lipinski definition) is 3. The Bertz CT molecular complexity index is 2210. The van der Waals surface area contributed by atoms with Crippen molar-refractivity contribution in [1.29, 1.82) is 0 Å². The molecule has 0 aliphatic rings. The zero-order chi connectivity index (χ0) is 27.3. The maximum absolute atomic E-state index is 4.97. The molecule has 0 spiro atoms. The molecule has 0 fully saturated rings.